The molecule has 1 aromatic carbocycles. The van der Waals surface area contributed by atoms with Gasteiger partial charge in [0.25, 0.3) is 11.8 Å². The number of halogens is 2. The van der Waals surface area contributed by atoms with Crippen LogP contribution >= 0.6 is 43.2 Å². The molecule has 3 rings (SSSR count). The molecule has 5 nitrogen and oxygen atoms in total. The molecule has 0 bridgehead atoms. The number of urea groups is 1. The number of amides is 4. The number of imide groups is 2. The normalized spacial score (nSPS) is 16.7. The van der Waals surface area contributed by atoms with Crippen molar-refractivity contribution < 1.29 is 14.4 Å². The van der Waals surface area contributed by atoms with E-state index in [-0.39, 0.29) is 5.57 Å². The summed E-state index contributed by atoms with van der Waals surface area (Å²) in [6, 6.07) is 7.95. The van der Waals surface area contributed by atoms with Crippen LogP contribution in [-0.4, -0.2) is 17.8 Å². The number of aryl methyl sites for hydroxylation is 1. The average Bonchev–Trinajstić information content (AvgIpc) is 2.92. The van der Waals surface area contributed by atoms with Gasteiger partial charge in [-0.2, -0.15) is 0 Å². The minimum atomic E-state index is -0.753. The number of carbonyl (C=O) groups is 3. The van der Waals surface area contributed by atoms with Gasteiger partial charge in [0, 0.05) is 9.35 Å². The van der Waals surface area contributed by atoms with Crippen molar-refractivity contribution in [3.05, 3.63) is 54.6 Å². The highest BCUT2D eigenvalue weighted by molar-refractivity contribution is 9.11. The van der Waals surface area contributed by atoms with E-state index in [0.29, 0.717) is 5.69 Å². The summed E-state index contributed by atoms with van der Waals surface area (Å²) >= 11 is 8.10. The third-order valence-corrected chi connectivity index (χ3v) is 5.84. The number of barbiturate groups is 1. The molecule has 1 N–H and O–H groups in total. The fourth-order valence-electron chi connectivity index (χ4n) is 2.21. The highest BCUT2D eigenvalue weighted by Gasteiger charge is 2.37. The standard InChI is InChI=1S/C16H10Br2N2O3S/c1-8-6-9(2-4-12(8)17)20-15(22)11(14(21)19-16(20)23)7-10-3-5-13(18)24-10/h2-7H,1H3,(H,19,21,23)/b11-7+. The molecule has 2 heterocycles. The molecule has 1 aliphatic heterocycles. The van der Waals surface area contributed by atoms with Crippen LogP contribution in [0.5, 0.6) is 0 Å². The topological polar surface area (TPSA) is 66.5 Å². The number of hydrogen-bond acceptors (Lipinski definition) is 4. The van der Waals surface area contributed by atoms with Crippen LogP contribution in [0.3, 0.4) is 0 Å². The minimum Gasteiger partial charge on any atom is -0.273 e. The Bertz CT molecular complexity index is 904. The van der Waals surface area contributed by atoms with Gasteiger partial charge in [-0.05, 0) is 64.8 Å². The van der Waals surface area contributed by atoms with Gasteiger partial charge in [0.15, 0.2) is 0 Å². The summed E-state index contributed by atoms with van der Waals surface area (Å²) in [5.74, 6) is -1.34. The Kier molecular flexibility index (Phi) is 4.71. The van der Waals surface area contributed by atoms with Gasteiger partial charge >= 0.3 is 6.03 Å². The van der Waals surface area contributed by atoms with E-state index < -0.39 is 17.8 Å². The van der Waals surface area contributed by atoms with Crippen LogP contribution in [-0.2, 0) is 9.59 Å². The van der Waals surface area contributed by atoms with Crippen LogP contribution in [0.2, 0.25) is 0 Å². The van der Waals surface area contributed by atoms with Gasteiger partial charge in [-0.25, -0.2) is 9.69 Å². The number of benzene rings is 1. The van der Waals surface area contributed by atoms with E-state index in [1.54, 1.807) is 24.3 Å². The molecule has 0 atom stereocenters. The van der Waals surface area contributed by atoms with Crippen molar-refractivity contribution in [3.8, 4) is 0 Å². The lowest BCUT2D eigenvalue weighted by Gasteiger charge is -2.26. The maximum Gasteiger partial charge on any atom is 0.335 e. The van der Waals surface area contributed by atoms with Crippen LogP contribution in [0, 0.1) is 6.92 Å². The Balaban J connectivity index is 2.02. The Morgan fingerprint density at radius 1 is 1.12 bits per heavy atom. The van der Waals surface area contributed by atoms with Crippen LogP contribution in [0.25, 0.3) is 6.08 Å². The number of nitrogens with one attached hydrogen (secondary N) is 1. The van der Waals surface area contributed by atoms with E-state index in [1.807, 2.05) is 13.0 Å². The summed E-state index contributed by atoms with van der Waals surface area (Å²) in [5.41, 5.74) is 1.20. The number of nitrogens with zero attached hydrogens (tertiary/aromatic N) is 1. The monoisotopic (exact) mass is 468 g/mol. The van der Waals surface area contributed by atoms with Gasteiger partial charge < -0.3 is 0 Å². The minimum absolute atomic E-state index is 0.0791. The van der Waals surface area contributed by atoms with E-state index >= 15 is 0 Å². The molecule has 0 radical (unpaired) electrons. The molecular formula is C16H10Br2N2O3S. The number of anilines is 1. The van der Waals surface area contributed by atoms with Crippen molar-refractivity contribution in [1.29, 1.82) is 0 Å². The molecule has 1 aromatic heterocycles. The molecular weight excluding hydrogens is 460 g/mol. The van der Waals surface area contributed by atoms with E-state index in [0.717, 1.165) is 23.6 Å². The van der Waals surface area contributed by atoms with Gasteiger partial charge in [0.05, 0.1) is 9.47 Å². The van der Waals surface area contributed by atoms with Crippen molar-refractivity contribution >= 4 is 72.8 Å². The molecule has 122 valence electrons. The SMILES string of the molecule is Cc1cc(N2C(=O)NC(=O)/C(=C\c3ccc(Br)s3)C2=O)ccc1Br. The lowest BCUT2D eigenvalue weighted by molar-refractivity contribution is -0.122. The van der Waals surface area contributed by atoms with Gasteiger partial charge in [0.1, 0.15) is 5.57 Å². The third kappa shape index (κ3) is 3.22. The van der Waals surface area contributed by atoms with E-state index in [2.05, 4.69) is 37.2 Å². The molecule has 0 spiro atoms. The summed E-state index contributed by atoms with van der Waals surface area (Å²) in [6.07, 6.45) is 1.48. The third-order valence-electron chi connectivity index (χ3n) is 3.38. The summed E-state index contributed by atoms with van der Waals surface area (Å²) in [7, 11) is 0. The Morgan fingerprint density at radius 2 is 1.88 bits per heavy atom. The first-order valence-electron chi connectivity index (χ1n) is 6.80. The summed E-state index contributed by atoms with van der Waals surface area (Å²) in [5, 5.41) is 2.21. The molecule has 0 aliphatic carbocycles. The molecule has 4 amide bonds. The van der Waals surface area contributed by atoms with Crippen LogP contribution in [0.15, 0.2) is 44.2 Å². The highest BCUT2D eigenvalue weighted by Crippen LogP contribution is 2.28. The first kappa shape index (κ1) is 17.1. The largest absolute Gasteiger partial charge is 0.335 e. The van der Waals surface area contributed by atoms with E-state index in [9.17, 15) is 14.4 Å². The Morgan fingerprint density at radius 3 is 2.50 bits per heavy atom. The van der Waals surface area contributed by atoms with Crippen LogP contribution in [0.4, 0.5) is 10.5 Å². The second-order valence-electron chi connectivity index (χ2n) is 5.03. The van der Waals surface area contributed by atoms with Crippen LogP contribution in [0.1, 0.15) is 10.4 Å². The van der Waals surface area contributed by atoms with Gasteiger partial charge in [-0.3, -0.25) is 14.9 Å². The molecule has 0 saturated carbocycles. The zero-order valence-electron chi connectivity index (χ0n) is 12.3. The average molecular weight is 470 g/mol. The van der Waals surface area contributed by atoms with Crippen molar-refractivity contribution in [2.75, 3.05) is 4.90 Å². The quantitative estimate of drug-likeness (QED) is 0.528. The number of rotatable bonds is 2. The van der Waals surface area contributed by atoms with Crippen molar-refractivity contribution in [2.45, 2.75) is 6.92 Å². The molecule has 1 saturated heterocycles. The smallest absolute Gasteiger partial charge is 0.273 e. The Labute approximate surface area is 158 Å². The summed E-state index contributed by atoms with van der Waals surface area (Å²) in [4.78, 5) is 38.6. The van der Waals surface area contributed by atoms with Crippen LogP contribution < -0.4 is 10.2 Å². The van der Waals surface area contributed by atoms with Gasteiger partial charge in [-0.1, -0.05) is 15.9 Å². The van der Waals surface area contributed by atoms with Crippen molar-refractivity contribution in [2.24, 2.45) is 0 Å². The fourth-order valence-corrected chi connectivity index (χ4v) is 3.82. The predicted octanol–water partition coefficient (Wildman–Crippen LogP) is 4.25. The summed E-state index contributed by atoms with van der Waals surface area (Å²) in [6.45, 7) is 1.85. The first-order chi connectivity index (χ1) is 11.4. The van der Waals surface area contributed by atoms with Crippen molar-refractivity contribution in [3.63, 3.8) is 0 Å². The zero-order chi connectivity index (χ0) is 17.4. The predicted molar refractivity (Wildman–Crippen MR) is 99.9 cm³/mol. The molecule has 2 aromatic rings. The first-order valence-corrected chi connectivity index (χ1v) is 9.20. The summed E-state index contributed by atoms with van der Waals surface area (Å²) < 4.78 is 1.75. The number of thiophene rings is 1. The van der Waals surface area contributed by atoms with E-state index in [1.165, 1.54) is 17.4 Å². The lowest BCUT2D eigenvalue weighted by atomic mass is 10.1. The fraction of sp³-hybridized carbons (Fsp3) is 0.0625. The maximum absolute atomic E-state index is 12.7. The second kappa shape index (κ2) is 6.62. The zero-order valence-corrected chi connectivity index (χ0v) is 16.3. The molecule has 1 fully saturated rings. The molecule has 24 heavy (non-hydrogen) atoms. The second-order valence-corrected chi connectivity index (χ2v) is 8.38. The molecule has 1 aliphatic rings. The van der Waals surface area contributed by atoms with Gasteiger partial charge in [0.2, 0.25) is 0 Å². The Hall–Kier alpha value is -1.77. The van der Waals surface area contributed by atoms with Gasteiger partial charge in [-0.15, -0.1) is 11.3 Å². The molecule has 8 heteroatoms. The molecule has 0 unspecified atom stereocenters. The number of hydrogen-bond donors (Lipinski definition) is 1. The maximum atomic E-state index is 12.7. The lowest BCUT2D eigenvalue weighted by Crippen LogP contribution is -2.54. The highest BCUT2D eigenvalue weighted by atomic mass is 79.9. The van der Waals surface area contributed by atoms with Crippen molar-refractivity contribution in [1.82, 2.24) is 5.32 Å². The van der Waals surface area contributed by atoms with E-state index in [4.69, 9.17) is 0 Å². The number of carbonyl (C=O) groups excluding carboxylic acids is 3.